The predicted octanol–water partition coefficient (Wildman–Crippen LogP) is 2.40. The monoisotopic (exact) mass is 249 g/mol. The molecule has 1 aromatic carbocycles. The van der Waals surface area contributed by atoms with Crippen LogP contribution in [-0.2, 0) is 4.79 Å². The summed E-state index contributed by atoms with van der Waals surface area (Å²) in [5, 5.41) is 8.80. The second kappa shape index (κ2) is 4.00. The summed E-state index contributed by atoms with van der Waals surface area (Å²) in [6, 6.07) is 5.74. The summed E-state index contributed by atoms with van der Waals surface area (Å²) in [5.74, 6) is 0.0435. The van der Waals surface area contributed by atoms with Crippen molar-refractivity contribution in [1.29, 1.82) is 0 Å². The predicted molar refractivity (Wildman–Crippen MR) is 64.3 cm³/mol. The van der Waals surface area contributed by atoms with Gasteiger partial charge in [-0.1, -0.05) is 6.07 Å². The summed E-state index contributed by atoms with van der Waals surface area (Å²) in [4.78, 5) is 14.9. The van der Waals surface area contributed by atoms with Gasteiger partial charge in [0, 0.05) is 5.92 Å². The first kappa shape index (κ1) is 10.5. The maximum absolute atomic E-state index is 10.7. The number of hydrogen-bond acceptors (Lipinski definition) is 4. The maximum Gasteiger partial charge on any atom is 0.306 e. The molecule has 0 aliphatic heterocycles. The van der Waals surface area contributed by atoms with Crippen molar-refractivity contribution < 1.29 is 14.6 Å². The van der Waals surface area contributed by atoms with Gasteiger partial charge in [-0.3, -0.25) is 4.79 Å². The Bertz CT molecular complexity index is 566. The van der Waals surface area contributed by atoms with Crippen LogP contribution in [0.3, 0.4) is 0 Å². The third kappa shape index (κ3) is 1.98. The van der Waals surface area contributed by atoms with Gasteiger partial charge in [0.15, 0.2) is 0 Å². The van der Waals surface area contributed by atoms with Crippen molar-refractivity contribution in [2.45, 2.75) is 6.42 Å². The van der Waals surface area contributed by atoms with E-state index in [1.54, 1.807) is 16.8 Å². The Morgan fingerprint density at radius 2 is 2.47 bits per heavy atom. The number of carboxylic acid groups (broad SMARTS) is 1. The van der Waals surface area contributed by atoms with Gasteiger partial charge >= 0.3 is 5.97 Å². The van der Waals surface area contributed by atoms with Gasteiger partial charge in [0.2, 0.25) is 0 Å². The van der Waals surface area contributed by atoms with Gasteiger partial charge in [-0.25, -0.2) is 4.98 Å². The van der Waals surface area contributed by atoms with Crippen LogP contribution in [0, 0.1) is 11.8 Å². The van der Waals surface area contributed by atoms with Crippen molar-refractivity contribution in [1.82, 2.24) is 4.98 Å². The Balaban J connectivity index is 1.70. The van der Waals surface area contributed by atoms with Crippen molar-refractivity contribution >= 4 is 27.5 Å². The second-order valence-electron chi connectivity index (χ2n) is 4.21. The highest BCUT2D eigenvalue weighted by atomic mass is 32.1. The Morgan fingerprint density at radius 3 is 3.24 bits per heavy atom. The Labute approximate surface area is 102 Å². The zero-order chi connectivity index (χ0) is 11.8. The van der Waals surface area contributed by atoms with Gasteiger partial charge in [0.25, 0.3) is 0 Å². The lowest BCUT2D eigenvalue weighted by Crippen LogP contribution is -2.06. The number of aromatic nitrogens is 1. The van der Waals surface area contributed by atoms with Crippen molar-refractivity contribution in [3.8, 4) is 5.75 Å². The summed E-state index contributed by atoms with van der Waals surface area (Å²) in [5.41, 5.74) is 2.72. The van der Waals surface area contributed by atoms with E-state index >= 15 is 0 Å². The van der Waals surface area contributed by atoms with Crippen LogP contribution >= 0.6 is 11.3 Å². The standard InChI is InChI=1S/C12H11NO3S/c14-12(15)8-4-7(8)5-16-10-3-1-2-9-11(10)17-6-13-9/h1-3,6-8H,4-5H2,(H,14,15). The first-order chi connectivity index (χ1) is 8.25. The van der Waals surface area contributed by atoms with E-state index in [4.69, 9.17) is 9.84 Å². The number of thiazole rings is 1. The van der Waals surface area contributed by atoms with Gasteiger partial charge in [-0.2, -0.15) is 0 Å². The topological polar surface area (TPSA) is 59.4 Å². The zero-order valence-corrected chi connectivity index (χ0v) is 9.81. The molecule has 0 spiro atoms. The molecule has 2 atom stereocenters. The van der Waals surface area contributed by atoms with E-state index in [9.17, 15) is 4.79 Å². The third-order valence-electron chi connectivity index (χ3n) is 3.01. The van der Waals surface area contributed by atoms with Gasteiger partial charge in [-0.15, -0.1) is 11.3 Å². The Hall–Kier alpha value is -1.62. The minimum atomic E-state index is -0.713. The average molecular weight is 249 g/mol. The van der Waals surface area contributed by atoms with Crippen LogP contribution in [0.15, 0.2) is 23.7 Å². The molecule has 1 aliphatic carbocycles. The molecule has 0 bridgehead atoms. The molecule has 1 aromatic heterocycles. The van der Waals surface area contributed by atoms with Crippen molar-refractivity contribution in [3.63, 3.8) is 0 Å². The second-order valence-corrected chi connectivity index (χ2v) is 5.06. The fraction of sp³-hybridized carbons (Fsp3) is 0.333. The Kier molecular flexibility index (Phi) is 2.48. The molecule has 88 valence electrons. The molecule has 3 rings (SSSR count). The van der Waals surface area contributed by atoms with Crippen LogP contribution < -0.4 is 4.74 Å². The lowest BCUT2D eigenvalue weighted by Gasteiger charge is -2.05. The van der Waals surface area contributed by atoms with Gasteiger partial charge in [0.1, 0.15) is 5.75 Å². The summed E-state index contributed by atoms with van der Waals surface area (Å²) < 4.78 is 6.72. The van der Waals surface area contributed by atoms with Crippen molar-refractivity contribution in [2.24, 2.45) is 11.8 Å². The number of hydrogen-bond donors (Lipinski definition) is 1. The highest BCUT2D eigenvalue weighted by Gasteiger charge is 2.43. The summed E-state index contributed by atoms with van der Waals surface area (Å²) in [6.45, 7) is 0.480. The number of carbonyl (C=O) groups is 1. The smallest absolute Gasteiger partial charge is 0.306 e. The number of fused-ring (bicyclic) bond motifs is 1. The van der Waals surface area contributed by atoms with Crippen LogP contribution in [-0.4, -0.2) is 22.7 Å². The average Bonchev–Trinajstić information content (AvgIpc) is 2.94. The molecular weight excluding hydrogens is 238 g/mol. The lowest BCUT2D eigenvalue weighted by atomic mass is 10.3. The van der Waals surface area contributed by atoms with Crippen LogP contribution in [0.1, 0.15) is 6.42 Å². The molecule has 0 radical (unpaired) electrons. The molecular formula is C12H11NO3S. The zero-order valence-electron chi connectivity index (χ0n) is 9.00. The maximum atomic E-state index is 10.7. The van der Waals surface area contributed by atoms with Crippen molar-refractivity contribution in [2.75, 3.05) is 6.61 Å². The van der Waals surface area contributed by atoms with Crippen LogP contribution in [0.2, 0.25) is 0 Å². The van der Waals surface area contributed by atoms with E-state index < -0.39 is 5.97 Å². The molecule has 2 unspecified atom stereocenters. The number of nitrogens with zero attached hydrogens (tertiary/aromatic N) is 1. The summed E-state index contributed by atoms with van der Waals surface area (Å²) in [6.07, 6.45) is 0.730. The lowest BCUT2D eigenvalue weighted by molar-refractivity contribution is -0.138. The molecule has 1 N–H and O–H groups in total. The number of carboxylic acids is 1. The third-order valence-corrected chi connectivity index (χ3v) is 3.87. The molecule has 1 fully saturated rings. The van der Waals surface area contributed by atoms with E-state index in [1.807, 2.05) is 18.2 Å². The molecule has 17 heavy (non-hydrogen) atoms. The van der Waals surface area contributed by atoms with Gasteiger partial charge < -0.3 is 9.84 Å². The number of rotatable bonds is 4. The van der Waals surface area contributed by atoms with E-state index in [2.05, 4.69) is 4.98 Å². The highest BCUT2D eigenvalue weighted by molar-refractivity contribution is 7.17. The summed E-state index contributed by atoms with van der Waals surface area (Å²) in [7, 11) is 0. The van der Waals surface area contributed by atoms with Crippen LogP contribution in [0.25, 0.3) is 10.2 Å². The minimum Gasteiger partial charge on any atom is -0.492 e. The highest BCUT2D eigenvalue weighted by Crippen LogP contribution is 2.39. The number of benzene rings is 1. The molecule has 0 saturated heterocycles. The molecule has 1 aliphatic rings. The largest absolute Gasteiger partial charge is 0.492 e. The Morgan fingerprint density at radius 1 is 1.59 bits per heavy atom. The number of aliphatic carboxylic acids is 1. The fourth-order valence-electron chi connectivity index (χ4n) is 1.90. The van der Waals surface area contributed by atoms with Crippen LogP contribution in [0.5, 0.6) is 5.75 Å². The first-order valence-electron chi connectivity index (χ1n) is 5.43. The van der Waals surface area contributed by atoms with E-state index in [0.717, 1.165) is 22.4 Å². The normalized spacial score (nSPS) is 22.6. The minimum absolute atomic E-state index is 0.163. The molecule has 1 saturated carbocycles. The molecule has 0 amide bonds. The van der Waals surface area contributed by atoms with Crippen LogP contribution in [0.4, 0.5) is 0 Å². The molecule has 2 aromatic rings. The van der Waals surface area contributed by atoms with E-state index in [1.165, 1.54) is 0 Å². The quantitative estimate of drug-likeness (QED) is 0.903. The first-order valence-corrected chi connectivity index (χ1v) is 6.31. The van der Waals surface area contributed by atoms with Gasteiger partial charge in [0.05, 0.1) is 28.3 Å². The summed E-state index contributed by atoms with van der Waals surface area (Å²) >= 11 is 1.54. The van der Waals surface area contributed by atoms with E-state index in [0.29, 0.717) is 6.61 Å². The fourth-order valence-corrected chi connectivity index (χ4v) is 2.66. The van der Waals surface area contributed by atoms with Crippen molar-refractivity contribution in [3.05, 3.63) is 23.7 Å². The molecule has 4 nitrogen and oxygen atoms in total. The van der Waals surface area contributed by atoms with Gasteiger partial charge in [-0.05, 0) is 18.6 Å². The molecule has 5 heteroatoms. The SMILES string of the molecule is O=C(O)C1CC1COc1cccc2ncsc12. The number of ether oxygens (including phenoxy) is 1. The van der Waals surface area contributed by atoms with E-state index in [-0.39, 0.29) is 11.8 Å². The molecule has 1 heterocycles.